The van der Waals surface area contributed by atoms with Crippen molar-refractivity contribution in [3.05, 3.63) is 42.2 Å². The highest BCUT2D eigenvalue weighted by molar-refractivity contribution is 5.67. The molecule has 1 heterocycles. The van der Waals surface area contributed by atoms with Gasteiger partial charge in [-0.15, -0.1) is 0 Å². The second kappa shape index (κ2) is 3.77. The Morgan fingerprint density at radius 2 is 2.27 bits per heavy atom. The average molecular weight is 204 g/mol. The molecule has 78 valence electrons. The van der Waals surface area contributed by atoms with Crippen molar-refractivity contribution in [3.63, 3.8) is 0 Å². The van der Waals surface area contributed by atoms with Crippen molar-refractivity contribution >= 4 is 5.97 Å². The molecule has 1 unspecified atom stereocenters. The van der Waals surface area contributed by atoms with E-state index in [1.54, 1.807) is 0 Å². The zero-order valence-corrected chi connectivity index (χ0v) is 8.53. The molecule has 2 rings (SSSR count). The van der Waals surface area contributed by atoms with Gasteiger partial charge >= 0.3 is 5.97 Å². The van der Waals surface area contributed by atoms with Gasteiger partial charge in [-0.3, -0.25) is 4.79 Å². The predicted molar refractivity (Wildman–Crippen MR) is 55.5 cm³/mol. The number of carbonyl (C=O) groups excluding carboxylic acids is 1. The van der Waals surface area contributed by atoms with Crippen LogP contribution >= 0.6 is 0 Å². The summed E-state index contributed by atoms with van der Waals surface area (Å²) in [6.07, 6.45) is 0.466. The molecule has 0 bridgehead atoms. The zero-order chi connectivity index (χ0) is 10.8. The Bertz CT molecular complexity index is 384. The fraction of sp³-hybridized carbons (Fsp3) is 0.250. The number of carbonyl (C=O) groups is 1. The molecule has 3 heteroatoms. The fourth-order valence-corrected chi connectivity index (χ4v) is 1.61. The van der Waals surface area contributed by atoms with E-state index in [0.717, 1.165) is 11.3 Å². The molecular weight excluding hydrogens is 192 g/mol. The standard InChI is InChI=1S/C12H12O3/c1-8(14-9(2)13)12-7-10-5-3-4-6-11(10)15-12/h3-6,12H,1,7H2,2H3. The van der Waals surface area contributed by atoms with E-state index in [-0.39, 0.29) is 12.1 Å². The van der Waals surface area contributed by atoms with E-state index in [2.05, 4.69) is 6.58 Å². The van der Waals surface area contributed by atoms with Crippen LogP contribution in [0.4, 0.5) is 0 Å². The minimum atomic E-state index is -0.362. The highest BCUT2D eigenvalue weighted by Crippen LogP contribution is 2.30. The molecule has 1 aromatic carbocycles. The predicted octanol–water partition coefficient (Wildman–Crippen LogP) is 2.07. The van der Waals surface area contributed by atoms with E-state index in [9.17, 15) is 4.79 Å². The van der Waals surface area contributed by atoms with Crippen LogP contribution in [-0.4, -0.2) is 12.1 Å². The highest BCUT2D eigenvalue weighted by Gasteiger charge is 2.26. The molecule has 3 nitrogen and oxygen atoms in total. The van der Waals surface area contributed by atoms with Crippen LogP contribution in [0.25, 0.3) is 0 Å². The monoisotopic (exact) mass is 204 g/mol. The first kappa shape index (κ1) is 9.77. The van der Waals surface area contributed by atoms with Crippen LogP contribution < -0.4 is 4.74 Å². The van der Waals surface area contributed by atoms with Crippen LogP contribution in [0.2, 0.25) is 0 Å². The summed E-state index contributed by atoms with van der Waals surface area (Å²) in [5, 5.41) is 0. The Morgan fingerprint density at radius 3 is 2.93 bits per heavy atom. The minimum Gasteiger partial charge on any atom is -0.482 e. The van der Waals surface area contributed by atoms with Gasteiger partial charge in [-0.2, -0.15) is 0 Å². The zero-order valence-electron chi connectivity index (χ0n) is 8.53. The first-order valence-electron chi connectivity index (χ1n) is 4.78. The number of esters is 1. The Morgan fingerprint density at radius 1 is 1.53 bits per heavy atom. The maximum Gasteiger partial charge on any atom is 0.307 e. The smallest absolute Gasteiger partial charge is 0.307 e. The molecule has 15 heavy (non-hydrogen) atoms. The molecule has 0 N–H and O–H groups in total. The van der Waals surface area contributed by atoms with Gasteiger partial charge in [-0.05, 0) is 11.6 Å². The second-order valence-corrected chi connectivity index (χ2v) is 3.48. The first-order valence-corrected chi connectivity index (χ1v) is 4.78. The molecular formula is C12H12O3. The average Bonchev–Trinajstić information content (AvgIpc) is 2.59. The van der Waals surface area contributed by atoms with Crippen LogP contribution in [0.5, 0.6) is 5.75 Å². The SMILES string of the molecule is C=C(OC(C)=O)C1Cc2ccccc2O1. The minimum absolute atomic E-state index is 0.244. The number of fused-ring (bicyclic) bond motifs is 1. The van der Waals surface area contributed by atoms with Gasteiger partial charge in [-0.25, -0.2) is 0 Å². The number of para-hydroxylation sites is 1. The molecule has 1 aliphatic heterocycles. The molecule has 1 aliphatic rings. The van der Waals surface area contributed by atoms with Crippen LogP contribution in [0.15, 0.2) is 36.6 Å². The summed E-state index contributed by atoms with van der Waals surface area (Å²) < 4.78 is 10.5. The lowest BCUT2D eigenvalue weighted by Crippen LogP contribution is -2.19. The maximum absolute atomic E-state index is 10.7. The Labute approximate surface area is 88.3 Å². The number of benzene rings is 1. The lowest BCUT2D eigenvalue weighted by atomic mass is 10.1. The van der Waals surface area contributed by atoms with E-state index in [4.69, 9.17) is 9.47 Å². The lowest BCUT2D eigenvalue weighted by molar-refractivity contribution is -0.138. The Kier molecular flexibility index (Phi) is 2.46. The van der Waals surface area contributed by atoms with Gasteiger partial charge in [0.05, 0.1) is 0 Å². The quantitative estimate of drug-likeness (QED) is 0.546. The van der Waals surface area contributed by atoms with Gasteiger partial charge in [0, 0.05) is 13.3 Å². The Hall–Kier alpha value is -1.77. The van der Waals surface area contributed by atoms with Crippen molar-refractivity contribution in [2.24, 2.45) is 0 Å². The molecule has 0 aromatic heterocycles. The third-order valence-corrected chi connectivity index (χ3v) is 2.28. The highest BCUT2D eigenvalue weighted by atomic mass is 16.6. The van der Waals surface area contributed by atoms with Crippen molar-refractivity contribution in [1.29, 1.82) is 0 Å². The van der Waals surface area contributed by atoms with Crippen molar-refractivity contribution in [3.8, 4) is 5.75 Å². The molecule has 0 spiro atoms. The number of rotatable bonds is 2. The lowest BCUT2D eigenvalue weighted by Gasteiger charge is -2.12. The van der Waals surface area contributed by atoms with Crippen LogP contribution in [0.1, 0.15) is 12.5 Å². The molecule has 1 aromatic rings. The van der Waals surface area contributed by atoms with Gasteiger partial charge in [-0.1, -0.05) is 24.8 Å². The van der Waals surface area contributed by atoms with Crippen molar-refractivity contribution in [2.75, 3.05) is 0 Å². The van der Waals surface area contributed by atoms with Gasteiger partial charge in [0.1, 0.15) is 11.5 Å². The summed E-state index contributed by atoms with van der Waals surface area (Å²) in [5.41, 5.74) is 1.12. The number of hydrogen-bond acceptors (Lipinski definition) is 3. The van der Waals surface area contributed by atoms with Crippen LogP contribution in [0.3, 0.4) is 0 Å². The topological polar surface area (TPSA) is 35.5 Å². The van der Waals surface area contributed by atoms with Gasteiger partial charge in [0.2, 0.25) is 0 Å². The maximum atomic E-state index is 10.7. The van der Waals surface area contributed by atoms with Crippen molar-refractivity contribution < 1.29 is 14.3 Å². The summed E-state index contributed by atoms with van der Waals surface area (Å²) in [5.74, 6) is 0.856. The largest absolute Gasteiger partial charge is 0.482 e. The molecule has 0 saturated heterocycles. The first-order chi connectivity index (χ1) is 7.16. The van der Waals surface area contributed by atoms with Crippen LogP contribution in [0, 0.1) is 0 Å². The van der Waals surface area contributed by atoms with E-state index in [1.165, 1.54) is 6.92 Å². The molecule has 0 saturated carbocycles. The third kappa shape index (κ3) is 2.01. The van der Waals surface area contributed by atoms with Crippen molar-refractivity contribution in [1.82, 2.24) is 0 Å². The summed E-state index contributed by atoms with van der Waals surface area (Å²) in [6, 6.07) is 7.77. The van der Waals surface area contributed by atoms with Gasteiger partial charge in [0.15, 0.2) is 6.10 Å². The molecule has 0 fully saturated rings. The van der Waals surface area contributed by atoms with Crippen LogP contribution in [-0.2, 0) is 16.0 Å². The summed E-state index contributed by atoms with van der Waals surface area (Å²) in [7, 11) is 0. The van der Waals surface area contributed by atoms with Gasteiger partial charge in [0.25, 0.3) is 0 Å². The summed E-state index contributed by atoms with van der Waals surface area (Å²) >= 11 is 0. The summed E-state index contributed by atoms with van der Waals surface area (Å²) in [6.45, 7) is 5.05. The number of ether oxygens (including phenoxy) is 2. The molecule has 0 amide bonds. The van der Waals surface area contributed by atoms with E-state index >= 15 is 0 Å². The summed E-state index contributed by atoms with van der Waals surface area (Å²) in [4.78, 5) is 10.7. The van der Waals surface area contributed by atoms with E-state index < -0.39 is 0 Å². The van der Waals surface area contributed by atoms with Crippen molar-refractivity contribution in [2.45, 2.75) is 19.4 Å². The van der Waals surface area contributed by atoms with E-state index in [1.807, 2.05) is 24.3 Å². The molecule has 0 radical (unpaired) electrons. The Balaban J connectivity index is 2.07. The normalized spacial score (nSPS) is 17.8. The number of hydrogen-bond donors (Lipinski definition) is 0. The van der Waals surface area contributed by atoms with E-state index in [0.29, 0.717) is 12.2 Å². The second-order valence-electron chi connectivity index (χ2n) is 3.48. The third-order valence-electron chi connectivity index (χ3n) is 2.28. The van der Waals surface area contributed by atoms with Gasteiger partial charge < -0.3 is 9.47 Å². The molecule has 1 atom stereocenters. The molecule has 0 aliphatic carbocycles. The fourth-order valence-electron chi connectivity index (χ4n) is 1.61.